The van der Waals surface area contributed by atoms with Crippen LogP contribution in [-0.4, -0.2) is 37.6 Å². The van der Waals surface area contributed by atoms with E-state index >= 15 is 0 Å². The number of methoxy groups -OCH3 is 2. The van der Waals surface area contributed by atoms with Gasteiger partial charge in [-0.25, -0.2) is 0 Å². The van der Waals surface area contributed by atoms with Crippen molar-refractivity contribution in [3.63, 3.8) is 0 Å². The fourth-order valence-corrected chi connectivity index (χ4v) is 4.57. The van der Waals surface area contributed by atoms with E-state index in [-0.39, 0.29) is 11.3 Å². The lowest BCUT2D eigenvalue weighted by Crippen LogP contribution is -2.29. The molecule has 1 N–H and O–H groups in total. The van der Waals surface area contributed by atoms with Crippen molar-refractivity contribution < 1.29 is 28.9 Å². The van der Waals surface area contributed by atoms with Crippen LogP contribution in [0.4, 0.5) is 5.69 Å². The molecule has 198 valence electrons. The molecule has 3 aromatic rings. The van der Waals surface area contributed by atoms with Crippen molar-refractivity contribution in [3.05, 3.63) is 89.0 Å². The number of carbonyl (C=O) groups excluding carboxylic acids is 2. The fourth-order valence-electron chi connectivity index (χ4n) is 4.57. The third kappa shape index (κ3) is 5.09. The van der Waals surface area contributed by atoms with Gasteiger partial charge in [0, 0.05) is 11.3 Å². The Morgan fingerprint density at radius 3 is 2.29 bits per heavy atom. The predicted octanol–water partition coefficient (Wildman–Crippen LogP) is 6.24. The standard InChI is InChI=1S/C31H33NO6/c1-6-16-38-24-9-7-8-22(17-24)29(33)27-28(21-12-15-25(36-4)26(18-21)37-5)32(31(35)30(27)34)23-13-10-20(11-14-23)19(2)3/h7-15,17-19,28,33H,6,16H2,1-5H3/b29-27-. The van der Waals surface area contributed by atoms with E-state index in [2.05, 4.69) is 13.8 Å². The Hall–Kier alpha value is -4.26. The molecule has 1 amide bonds. The number of ether oxygens (including phenoxy) is 3. The highest BCUT2D eigenvalue weighted by molar-refractivity contribution is 6.51. The highest BCUT2D eigenvalue weighted by atomic mass is 16.5. The molecule has 0 spiro atoms. The SMILES string of the molecule is CCCOc1cccc(/C(O)=C2/C(=O)C(=O)N(c3ccc(C(C)C)cc3)C2c2ccc(OC)c(OC)c2)c1. The second-order valence-electron chi connectivity index (χ2n) is 9.41. The first-order valence-electron chi connectivity index (χ1n) is 12.7. The van der Waals surface area contributed by atoms with E-state index in [9.17, 15) is 14.7 Å². The van der Waals surface area contributed by atoms with Crippen LogP contribution < -0.4 is 19.1 Å². The molecule has 0 aliphatic carbocycles. The van der Waals surface area contributed by atoms with Gasteiger partial charge in [-0.1, -0.05) is 51.1 Å². The van der Waals surface area contributed by atoms with Crippen molar-refractivity contribution in [2.45, 2.75) is 39.2 Å². The number of anilines is 1. The third-order valence-electron chi connectivity index (χ3n) is 6.59. The first-order chi connectivity index (χ1) is 18.3. The van der Waals surface area contributed by atoms with E-state index in [1.165, 1.54) is 19.1 Å². The Morgan fingerprint density at radius 2 is 1.66 bits per heavy atom. The number of aliphatic hydroxyl groups is 1. The molecule has 38 heavy (non-hydrogen) atoms. The second kappa shape index (κ2) is 11.4. The molecule has 4 rings (SSSR count). The van der Waals surface area contributed by atoms with Gasteiger partial charge in [0.1, 0.15) is 11.5 Å². The molecule has 0 aromatic heterocycles. The first-order valence-corrected chi connectivity index (χ1v) is 12.7. The summed E-state index contributed by atoms with van der Waals surface area (Å²) < 4.78 is 16.6. The van der Waals surface area contributed by atoms with Crippen LogP contribution in [0.25, 0.3) is 5.76 Å². The summed E-state index contributed by atoms with van der Waals surface area (Å²) in [5.41, 5.74) is 2.63. The number of aliphatic hydroxyl groups excluding tert-OH is 1. The van der Waals surface area contributed by atoms with Crippen LogP contribution in [0, 0.1) is 0 Å². The zero-order chi connectivity index (χ0) is 27.4. The van der Waals surface area contributed by atoms with E-state index in [4.69, 9.17) is 14.2 Å². The minimum Gasteiger partial charge on any atom is -0.507 e. The summed E-state index contributed by atoms with van der Waals surface area (Å²) in [6.45, 7) is 6.70. The highest BCUT2D eigenvalue weighted by Crippen LogP contribution is 2.44. The molecule has 1 fully saturated rings. The largest absolute Gasteiger partial charge is 0.507 e. The quantitative estimate of drug-likeness (QED) is 0.206. The maximum Gasteiger partial charge on any atom is 0.300 e. The monoisotopic (exact) mass is 515 g/mol. The Balaban J connectivity index is 1.91. The molecule has 1 atom stereocenters. The number of benzene rings is 3. The number of hydrogen-bond donors (Lipinski definition) is 1. The van der Waals surface area contributed by atoms with Crippen LogP contribution in [-0.2, 0) is 9.59 Å². The summed E-state index contributed by atoms with van der Waals surface area (Å²) in [7, 11) is 3.05. The number of hydrogen-bond acceptors (Lipinski definition) is 6. The van der Waals surface area contributed by atoms with Crippen molar-refractivity contribution in [2.75, 3.05) is 25.7 Å². The van der Waals surface area contributed by atoms with Crippen molar-refractivity contribution >= 4 is 23.1 Å². The number of nitrogens with zero attached hydrogens (tertiary/aromatic N) is 1. The molecular formula is C31H33NO6. The topological polar surface area (TPSA) is 85.3 Å². The van der Waals surface area contributed by atoms with Gasteiger partial charge < -0.3 is 19.3 Å². The molecule has 7 nitrogen and oxygen atoms in total. The highest BCUT2D eigenvalue weighted by Gasteiger charge is 2.47. The van der Waals surface area contributed by atoms with Gasteiger partial charge in [-0.05, 0) is 59.9 Å². The van der Waals surface area contributed by atoms with E-state index < -0.39 is 17.7 Å². The lowest BCUT2D eigenvalue weighted by Gasteiger charge is -2.26. The van der Waals surface area contributed by atoms with Gasteiger partial charge in [0.25, 0.3) is 11.7 Å². The van der Waals surface area contributed by atoms with Crippen molar-refractivity contribution in [1.82, 2.24) is 0 Å². The number of rotatable bonds is 9. The summed E-state index contributed by atoms with van der Waals surface area (Å²) >= 11 is 0. The maximum atomic E-state index is 13.5. The first kappa shape index (κ1) is 26.8. The zero-order valence-corrected chi connectivity index (χ0v) is 22.4. The predicted molar refractivity (Wildman–Crippen MR) is 147 cm³/mol. The summed E-state index contributed by atoms with van der Waals surface area (Å²) in [5.74, 6) is 0.0693. The van der Waals surface area contributed by atoms with Crippen LogP contribution in [0.1, 0.15) is 55.8 Å². The minimum atomic E-state index is -0.889. The van der Waals surface area contributed by atoms with Gasteiger partial charge in [0.2, 0.25) is 0 Å². The van der Waals surface area contributed by atoms with Gasteiger partial charge in [-0.3, -0.25) is 14.5 Å². The Kier molecular flexibility index (Phi) is 8.05. The van der Waals surface area contributed by atoms with Gasteiger partial charge in [-0.15, -0.1) is 0 Å². The minimum absolute atomic E-state index is 0.0113. The summed E-state index contributed by atoms with van der Waals surface area (Å²) in [5, 5.41) is 11.5. The van der Waals surface area contributed by atoms with Crippen molar-refractivity contribution in [2.24, 2.45) is 0 Å². The van der Waals surface area contributed by atoms with Crippen molar-refractivity contribution in [3.8, 4) is 17.2 Å². The summed E-state index contributed by atoms with van der Waals surface area (Å²) in [6, 6.07) is 18.7. The second-order valence-corrected chi connectivity index (χ2v) is 9.41. The van der Waals surface area contributed by atoms with E-state index in [1.807, 2.05) is 31.2 Å². The summed E-state index contributed by atoms with van der Waals surface area (Å²) in [4.78, 5) is 28.4. The van der Waals surface area contributed by atoms with Gasteiger partial charge in [0.15, 0.2) is 11.5 Å². The molecule has 1 aliphatic rings. The number of Topliss-reactive ketones (excluding diaryl/α,β-unsaturated/α-hetero) is 1. The summed E-state index contributed by atoms with van der Waals surface area (Å²) in [6.07, 6.45) is 0.830. The number of carbonyl (C=O) groups is 2. The number of amides is 1. The molecule has 3 aromatic carbocycles. The molecule has 1 saturated heterocycles. The molecule has 0 saturated carbocycles. The smallest absolute Gasteiger partial charge is 0.300 e. The van der Waals surface area contributed by atoms with E-state index in [1.54, 1.807) is 42.5 Å². The average Bonchev–Trinajstić information content (AvgIpc) is 3.21. The Labute approximate surface area is 223 Å². The molecular weight excluding hydrogens is 482 g/mol. The molecule has 7 heteroatoms. The average molecular weight is 516 g/mol. The zero-order valence-electron chi connectivity index (χ0n) is 22.4. The van der Waals surface area contributed by atoms with Crippen LogP contribution in [0.5, 0.6) is 17.2 Å². The molecule has 0 radical (unpaired) electrons. The molecule has 1 heterocycles. The Bertz CT molecular complexity index is 1360. The van der Waals surface area contributed by atoms with Crippen LogP contribution >= 0.6 is 0 Å². The molecule has 1 unspecified atom stereocenters. The maximum absolute atomic E-state index is 13.5. The Morgan fingerprint density at radius 1 is 0.947 bits per heavy atom. The fraction of sp³-hybridized carbons (Fsp3) is 0.290. The van der Waals surface area contributed by atoms with Gasteiger partial charge in [-0.2, -0.15) is 0 Å². The van der Waals surface area contributed by atoms with Gasteiger partial charge in [0.05, 0.1) is 32.4 Å². The van der Waals surface area contributed by atoms with E-state index in [0.29, 0.717) is 46.6 Å². The van der Waals surface area contributed by atoms with Crippen LogP contribution in [0.2, 0.25) is 0 Å². The normalized spacial score (nSPS) is 16.7. The number of ketones is 1. The van der Waals surface area contributed by atoms with Gasteiger partial charge >= 0.3 is 0 Å². The molecule has 0 bridgehead atoms. The lowest BCUT2D eigenvalue weighted by atomic mass is 9.94. The lowest BCUT2D eigenvalue weighted by molar-refractivity contribution is -0.132. The van der Waals surface area contributed by atoms with Crippen molar-refractivity contribution in [1.29, 1.82) is 0 Å². The molecule has 1 aliphatic heterocycles. The van der Waals surface area contributed by atoms with E-state index in [0.717, 1.165) is 12.0 Å². The van der Waals surface area contributed by atoms with Crippen LogP contribution in [0.15, 0.2) is 72.3 Å². The third-order valence-corrected chi connectivity index (χ3v) is 6.59. The van der Waals surface area contributed by atoms with Crippen LogP contribution in [0.3, 0.4) is 0 Å².